The van der Waals surface area contributed by atoms with E-state index < -0.39 is 0 Å². The highest BCUT2D eigenvalue weighted by Gasteiger charge is 2.49. The van der Waals surface area contributed by atoms with Gasteiger partial charge < -0.3 is 0 Å². The zero-order valence-corrected chi connectivity index (χ0v) is 10.7. The lowest BCUT2D eigenvalue weighted by molar-refractivity contribution is 0.0799. The fourth-order valence-corrected chi connectivity index (χ4v) is 4.07. The molecule has 2 atom stereocenters. The minimum absolute atomic E-state index is 0.390. The highest BCUT2D eigenvalue weighted by molar-refractivity contribution is 5.31. The van der Waals surface area contributed by atoms with Crippen LogP contribution in [0.4, 0.5) is 0 Å². The number of hydrogen-bond donors (Lipinski definition) is 0. The Morgan fingerprint density at radius 3 is 2.27 bits per heavy atom. The number of allylic oxidation sites excluding steroid dienone is 2. The maximum absolute atomic E-state index is 4.38. The predicted octanol–water partition coefficient (Wildman–Crippen LogP) is 4.58. The van der Waals surface area contributed by atoms with Crippen LogP contribution in [0.1, 0.15) is 47.0 Å². The third-order valence-corrected chi connectivity index (χ3v) is 4.71. The monoisotopic (exact) mass is 204 g/mol. The quantitative estimate of drug-likeness (QED) is 0.507. The van der Waals surface area contributed by atoms with E-state index in [9.17, 15) is 0 Å². The summed E-state index contributed by atoms with van der Waals surface area (Å²) < 4.78 is 0. The topological polar surface area (TPSA) is 0 Å². The van der Waals surface area contributed by atoms with Crippen molar-refractivity contribution in [2.45, 2.75) is 47.0 Å². The molecule has 0 amide bonds. The summed E-state index contributed by atoms with van der Waals surface area (Å²) in [5, 5.41) is 0. The molecule has 2 unspecified atom stereocenters. The molecule has 2 rings (SSSR count). The summed E-state index contributed by atoms with van der Waals surface area (Å²) in [6, 6.07) is 0. The summed E-state index contributed by atoms with van der Waals surface area (Å²) >= 11 is 0. The summed E-state index contributed by atoms with van der Waals surface area (Å²) in [4.78, 5) is 0. The molecule has 0 aromatic heterocycles. The van der Waals surface area contributed by atoms with Crippen molar-refractivity contribution in [1.29, 1.82) is 0 Å². The molecule has 2 aliphatic rings. The van der Waals surface area contributed by atoms with Crippen molar-refractivity contribution in [3.63, 3.8) is 0 Å². The largest absolute Gasteiger partial charge is 0.0992 e. The fraction of sp³-hybridized carbons (Fsp3) is 0.733. The fourth-order valence-electron chi connectivity index (χ4n) is 4.07. The minimum atomic E-state index is 0.390. The van der Waals surface area contributed by atoms with Crippen molar-refractivity contribution in [2.75, 3.05) is 0 Å². The second-order valence-electron chi connectivity index (χ2n) is 6.91. The number of rotatable bonds is 0. The van der Waals surface area contributed by atoms with Crippen molar-refractivity contribution in [1.82, 2.24) is 0 Å². The van der Waals surface area contributed by atoms with Crippen molar-refractivity contribution in [3.05, 3.63) is 24.3 Å². The molecule has 2 aliphatic carbocycles. The first-order valence-electron chi connectivity index (χ1n) is 6.12. The number of fused-ring (bicyclic) bond motifs is 2. The van der Waals surface area contributed by atoms with Gasteiger partial charge >= 0.3 is 0 Å². The van der Waals surface area contributed by atoms with Crippen LogP contribution in [0.5, 0.6) is 0 Å². The van der Waals surface area contributed by atoms with Gasteiger partial charge in [0.25, 0.3) is 0 Å². The molecule has 0 N–H and O–H groups in total. The van der Waals surface area contributed by atoms with E-state index in [-0.39, 0.29) is 0 Å². The highest BCUT2D eigenvalue weighted by Crippen LogP contribution is 2.59. The molecule has 84 valence electrons. The van der Waals surface area contributed by atoms with E-state index in [0.29, 0.717) is 16.7 Å². The van der Waals surface area contributed by atoms with Crippen molar-refractivity contribution in [2.24, 2.45) is 22.7 Å². The maximum atomic E-state index is 4.38. The van der Waals surface area contributed by atoms with Crippen LogP contribution < -0.4 is 0 Å². The van der Waals surface area contributed by atoms with Gasteiger partial charge in [0.1, 0.15) is 0 Å². The van der Waals surface area contributed by atoms with Crippen LogP contribution in [0.15, 0.2) is 24.3 Å². The van der Waals surface area contributed by atoms with Crippen LogP contribution in [0.2, 0.25) is 0 Å². The molecule has 0 heterocycles. The van der Waals surface area contributed by atoms with Gasteiger partial charge in [-0.1, -0.05) is 52.0 Å². The van der Waals surface area contributed by atoms with Crippen molar-refractivity contribution in [3.8, 4) is 0 Å². The molecule has 2 bridgehead atoms. The molecule has 0 spiro atoms. The molecule has 2 saturated carbocycles. The minimum Gasteiger partial charge on any atom is -0.0992 e. The van der Waals surface area contributed by atoms with E-state index in [2.05, 4.69) is 40.9 Å². The third-order valence-electron chi connectivity index (χ3n) is 4.71. The smallest absolute Gasteiger partial charge is 0.00560 e. The SMILES string of the molecule is C=C1CC(C)(C)C2CCC(C)(C)C1C2=C. The molecule has 2 fully saturated rings. The summed E-state index contributed by atoms with van der Waals surface area (Å²) in [5.74, 6) is 1.30. The Morgan fingerprint density at radius 1 is 1.07 bits per heavy atom. The summed E-state index contributed by atoms with van der Waals surface area (Å²) in [7, 11) is 0. The molecule has 0 radical (unpaired) electrons. The molecule has 0 aliphatic heterocycles. The third kappa shape index (κ3) is 1.49. The van der Waals surface area contributed by atoms with Crippen LogP contribution in [-0.2, 0) is 0 Å². The van der Waals surface area contributed by atoms with Crippen molar-refractivity contribution < 1.29 is 0 Å². The van der Waals surface area contributed by atoms with Gasteiger partial charge in [0, 0.05) is 5.92 Å². The highest BCUT2D eigenvalue weighted by atomic mass is 14.5. The van der Waals surface area contributed by atoms with Crippen LogP contribution in [-0.4, -0.2) is 0 Å². The van der Waals surface area contributed by atoms with Gasteiger partial charge in [-0.25, -0.2) is 0 Å². The zero-order chi connectivity index (χ0) is 11.4. The summed E-state index contributed by atoms with van der Waals surface area (Å²) in [6.45, 7) is 18.2. The van der Waals surface area contributed by atoms with E-state index in [1.54, 1.807) is 0 Å². The van der Waals surface area contributed by atoms with E-state index in [1.807, 2.05) is 0 Å². The average molecular weight is 204 g/mol. The lowest BCUT2D eigenvalue weighted by atomic mass is 9.50. The molecule has 0 saturated heterocycles. The zero-order valence-electron chi connectivity index (χ0n) is 10.7. The van der Waals surface area contributed by atoms with Crippen LogP contribution in [0, 0.1) is 22.7 Å². The van der Waals surface area contributed by atoms with E-state index in [1.165, 1.54) is 30.4 Å². The lowest BCUT2D eigenvalue weighted by Crippen LogP contribution is -2.45. The Hall–Kier alpha value is -0.520. The molecule has 0 heteroatoms. The van der Waals surface area contributed by atoms with Crippen LogP contribution in [0.3, 0.4) is 0 Å². The van der Waals surface area contributed by atoms with Gasteiger partial charge in [0.05, 0.1) is 0 Å². The molecule has 15 heavy (non-hydrogen) atoms. The second kappa shape index (κ2) is 2.99. The molecule has 0 aromatic rings. The van der Waals surface area contributed by atoms with Crippen LogP contribution >= 0.6 is 0 Å². The lowest BCUT2D eigenvalue weighted by Gasteiger charge is -2.55. The van der Waals surface area contributed by atoms with Gasteiger partial charge in [0.15, 0.2) is 0 Å². The first-order chi connectivity index (χ1) is 6.76. The molecular formula is C15H24. The van der Waals surface area contributed by atoms with E-state index in [0.717, 1.165) is 5.92 Å². The Labute approximate surface area is 94.5 Å². The Morgan fingerprint density at radius 2 is 1.67 bits per heavy atom. The van der Waals surface area contributed by atoms with Gasteiger partial charge in [0.2, 0.25) is 0 Å². The average Bonchev–Trinajstić information content (AvgIpc) is 1.97. The van der Waals surface area contributed by atoms with E-state index in [4.69, 9.17) is 0 Å². The van der Waals surface area contributed by atoms with Crippen molar-refractivity contribution >= 4 is 0 Å². The normalized spacial score (nSPS) is 37.9. The predicted molar refractivity (Wildman–Crippen MR) is 66.7 cm³/mol. The number of hydrogen-bond acceptors (Lipinski definition) is 0. The van der Waals surface area contributed by atoms with E-state index >= 15 is 0 Å². The standard InChI is InChI=1S/C15H24/c1-10-9-15(5,6)12-7-8-14(3,4)13(10)11(12)2/h12-13H,1-2,7-9H2,3-6H3. The van der Waals surface area contributed by atoms with Gasteiger partial charge in [-0.2, -0.15) is 0 Å². The molecular weight excluding hydrogens is 180 g/mol. The van der Waals surface area contributed by atoms with Gasteiger partial charge in [-0.15, -0.1) is 0 Å². The maximum Gasteiger partial charge on any atom is 0.00560 e. The Kier molecular flexibility index (Phi) is 2.19. The molecule has 0 aromatic carbocycles. The Balaban J connectivity index is 2.41. The Bertz CT molecular complexity index is 315. The van der Waals surface area contributed by atoms with Gasteiger partial charge in [-0.3, -0.25) is 0 Å². The van der Waals surface area contributed by atoms with Gasteiger partial charge in [-0.05, 0) is 36.0 Å². The first-order valence-corrected chi connectivity index (χ1v) is 6.12. The second-order valence-corrected chi connectivity index (χ2v) is 6.91. The summed E-state index contributed by atoms with van der Waals surface area (Å²) in [6.07, 6.45) is 3.83. The van der Waals surface area contributed by atoms with Crippen LogP contribution in [0.25, 0.3) is 0 Å². The molecule has 0 nitrogen and oxygen atoms in total. The first kappa shape index (κ1) is 11.0. The summed E-state index contributed by atoms with van der Waals surface area (Å²) in [5.41, 5.74) is 3.67.